The summed E-state index contributed by atoms with van der Waals surface area (Å²) < 4.78 is 15.2. The van der Waals surface area contributed by atoms with E-state index in [0.717, 1.165) is 6.42 Å². The molecule has 17 heavy (non-hydrogen) atoms. The van der Waals surface area contributed by atoms with Crippen molar-refractivity contribution in [3.05, 3.63) is 17.7 Å². The van der Waals surface area contributed by atoms with Crippen LogP contribution in [0.4, 0.5) is 5.69 Å². The van der Waals surface area contributed by atoms with Crippen LogP contribution in [0.15, 0.2) is 12.1 Å². The smallest absolute Gasteiger partial charge is 0.340 e. The largest absolute Gasteiger partial charge is 0.493 e. The molecule has 0 heterocycles. The van der Waals surface area contributed by atoms with Crippen molar-refractivity contribution in [2.45, 2.75) is 13.3 Å². The Bertz CT molecular complexity index is 404. The second kappa shape index (κ2) is 5.98. The summed E-state index contributed by atoms with van der Waals surface area (Å²) >= 11 is 0. The predicted octanol–water partition coefficient (Wildman–Crippen LogP) is 1.85. The molecule has 1 aromatic rings. The van der Waals surface area contributed by atoms with Crippen molar-refractivity contribution in [2.24, 2.45) is 0 Å². The fourth-order valence-corrected chi connectivity index (χ4v) is 1.35. The number of benzene rings is 1. The number of ether oxygens (including phenoxy) is 3. The van der Waals surface area contributed by atoms with E-state index in [4.69, 9.17) is 15.2 Å². The van der Waals surface area contributed by atoms with Crippen LogP contribution in [-0.4, -0.2) is 26.8 Å². The molecule has 0 atom stereocenters. The molecule has 0 aromatic heterocycles. The number of methoxy groups -OCH3 is 2. The highest BCUT2D eigenvalue weighted by molar-refractivity contribution is 5.96. The summed E-state index contributed by atoms with van der Waals surface area (Å²) in [5.74, 6) is 0.499. The lowest BCUT2D eigenvalue weighted by molar-refractivity contribution is 0.0601. The summed E-state index contributed by atoms with van der Waals surface area (Å²) in [4.78, 5) is 11.5. The molecular formula is C12H17NO4. The number of hydrogen-bond donors (Lipinski definition) is 1. The van der Waals surface area contributed by atoms with Crippen LogP contribution >= 0.6 is 0 Å². The Morgan fingerprint density at radius 2 is 2.00 bits per heavy atom. The number of carbonyl (C=O) groups excluding carboxylic acids is 1. The van der Waals surface area contributed by atoms with E-state index in [0.29, 0.717) is 23.8 Å². The Labute approximate surface area is 100 Å². The zero-order chi connectivity index (χ0) is 12.8. The SMILES string of the molecule is CCCOc1cc(C(=O)OC)c(N)cc1OC. The lowest BCUT2D eigenvalue weighted by Gasteiger charge is -2.13. The van der Waals surface area contributed by atoms with Crippen molar-refractivity contribution in [3.63, 3.8) is 0 Å². The number of hydrogen-bond acceptors (Lipinski definition) is 5. The van der Waals surface area contributed by atoms with Crippen LogP contribution in [0, 0.1) is 0 Å². The van der Waals surface area contributed by atoms with E-state index < -0.39 is 5.97 Å². The molecule has 0 saturated heterocycles. The van der Waals surface area contributed by atoms with Gasteiger partial charge in [0.1, 0.15) is 0 Å². The molecule has 94 valence electrons. The van der Waals surface area contributed by atoms with E-state index in [1.807, 2.05) is 6.92 Å². The van der Waals surface area contributed by atoms with Gasteiger partial charge in [-0.2, -0.15) is 0 Å². The van der Waals surface area contributed by atoms with Crippen molar-refractivity contribution in [3.8, 4) is 11.5 Å². The number of nitrogens with two attached hydrogens (primary N) is 1. The maximum Gasteiger partial charge on any atom is 0.340 e. The minimum absolute atomic E-state index is 0.277. The summed E-state index contributed by atoms with van der Waals surface area (Å²) in [5.41, 5.74) is 6.32. The summed E-state index contributed by atoms with van der Waals surface area (Å²) in [7, 11) is 2.82. The number of rotatable bonds is 5. The fraction of sp³-hybridized carbons (Fsp3) is 0.417. The maximum absolute atomic E-state index is 11.5. The molecule has 0 amide bonds. The number of esters is 1. The molecule has 2 N–H and O–H groups in total. The average molecular weight is 239 g/mol. The second-order valence-electron chi connectivity index (χ2n) is 3.43. The number of nitrogen functional groups attached to an aromatic ring is 1. The molecule has 5 nitrogen and oxygen atoms in total. The third-order valence-electron chi connectivity index (χ3n) is 2.20. The Hall–Kier alpha value is -1.91. The van der Waals surface area contributed by atoms with Crippen molar-refractivity contribution >= 4 is 11.7 Å². The zero-order valence-corrected chi connectivity index (χ0v) is 10.3. The van der Waals surface area contributed by atoms with Gasteiger partial charge in [0.15, 0.2) is 11.5 Å². The molecule has 0 aliphatic carbocycles. The standard InChI is InChI=1S/C12H17NO4/c1-4-5-17-11-6-8(12(14)16-3)9(13)7-10(11)15-2/h6-7H,4-5,13H2,1-3H3. The number of anilines is 1. The van der Waals surface area contributed by atoms with E-state index in [-0.39, 0.29) is 5.56 Å². The molecule has 0 radical (unpaired) electrons. The molecule has 0 aliphatic heterocycles. The summed E-state index contributed by atoms with van der Waals surface area (Å²) in [6, 6.07) is 3.09. The summed E-state index contributed by atoms with van der Waals surface area (Å²) in [6.45, 7) is 2.53. The van der Waals surface area contributed by atoms with Gasteiger partial charge in [-0.05, 0) is 6.42 Å². The first kappa shape index (κ1) is 13.2. The molecule has 0 aliphatic rings. The van der Waals surface area contributed by atoms with Gasteiger partial charge in [0.25, 0.3) is 0 Å². The van der Waals surface area contributed by atoms with Crippen LogP contribution in [0.25, 0.3) is 0 Å². The highest BCUT2D eigenvalue weighted by Gasteiger charge is 2.15. The first-order chi connectivity index (χ1) is 8.13. The van der Waals surface area contributed by atoms with Gasteiger partial charge in [0, 0.05) is 12.1 Å². The van der Waals surface area contributed by atoms with Gasteiger partial charge in [-0.3, -0.25) is 0 Å². The van der Waals surface area contributed by atoms with Crippen LogP contribution < -0.4 is 15.2 Å². The highest BCUT2D eigenvalue weighted by Crippen LogP contribution is 2.32. The Balaban J connectivity index is 3.12. The van der Waals surface area contributed by atoms with Gasteiger partial charge in [-0.15, -0.1) is 0 Å². The van der Waals surface area contributed by atoms with E-state index in [2.05, 4.69) is 4.74 Å². The minimum Gasteiger partial charge on any atom is -0.493 e. The predicted molar refractivity (Wildman–Crippen MR) is 64.5 cm³/mol. The van der Waals surface area contributed by atoms with Crippen LogP contribution in [0.1, 0.15) is 23.7 Å². The van der Waals surface area contributed by atoms with Gasteiger partial charge >= 0.3 is 5.97 Å². The normalized spacial score (nSPS) is 9.82. The maximum atomic E-state index is 11.5. The van der Waals surface area contributed by atoms with Crippen molar-refractivity contribution in [1.82, 2.24) is 0 Å². The van der Waals surface area contributed by atoms with Crippen LogP contribution in [0.2, 0.25) is 0 Å². The van der Waals surface area contributed by atoms with Crippen LogP contribution in [0.3, 0.4) is 0 Å². The first-order valence-corrected chi connectivity index (χ1v) is 5.32. The zero-order valence-electron chi connectivity index (χ0n) is 10.3. The third-order valence-corrected chi connectivity index (χ3v) is 2.20. The van der Waals surface area contributed by atoms with Crippen LogP contribution in [0.5, 0.6) is 11.5 Å². The van der Waals surface area contributed by atoms with Crippen molar-refractivity contribution in [2.75, 3.05) is 26.6 Å². The molecule has 1 aromatic carbocycles. The lowest BCUT2D eigenvalue weighted by Crippen LogP contribution is -2.07. The quantitative estimate of drug-likeness (QED) is 0.627. The van der Waals surface area contributed by atoms with E-state index in [1.54, 1.807) is 6.07 Å². The monoisotopic (exact) mass is 239 g/mol. The van der Waals surface area contributed by atoms with Crippen LogP contribution in [-0.2, 0) is 4.74 Å². The fourth-order valence-electron chi connectivity index (χ4n) is 1.35. The molecule has 0 fully saturated rings. The Kier molecular flexibility index (Phi) is 4.63. The van der Waals surface area contributed by atoms with Gasteiger partial charge in [0.2, 0.25) is 0 Å². The Morgan fingerprint density at radius 1 is 1.29 bits per heavy atom. The molecule has 0 spiro atoms. The van der Waals surface area contributed by atoms with E-state index in [9.17, 15) is 4.79 Å². The molecule has 1 rings (SSSR count). The highest BCUT2D eigenvalue weighted by atomic mass is 16.5. The topological polar surface area (TPSA) is 70.8 Å². The summed E-state index contributed by atoms with van der Waals surface area (Å²) in [6.07, 6.45) is 0.862. The number of carbonyl (C=O) groups is 1. The van der Waals surface area contributed by atoms with Gasteiger partial charge in [-0.25, -0.2) is 4.79 Å². The van der Waals surface area contributed by atoms with E-state index >= 15 is 0 Å². The first-order valence-electron chi connectivity index (χ1n) is 5.32. The van der Waals surface area contributed by atoms with Crippen molar-refractivity contribution in [1.29, 1.82) is 0 Å². The molecule has 0 saturated carbocycles. The van der Waals surface area contributed by atoms with Crippen molar-refractivity contribution < 1.29 is 19.0 Å². The molecule has 5 heteroatoms. The third kappa shape index (κ3) is 3.03. The molecule has 0 unspecified atom stereocenters. The van der Waals surface area contributed by atoms with Gasteiger partial charge < -0.3 is 19.9 Å². The Morgan fingerprint density at radius 3 is 2.53 bits per heavy atom. The second-order valence-corrected chi connectivity index (χ2v) is 3.43. The van der Waals surface area contributed by atoms with Gasteiger partial charge in [0.05, 0.1) is 32.1 Å². The summed E-state index contributed by atoms with van der Waals surface area (Å²) in [5, 5.41) is 0. The average Bonchev–Trinajstić information content (AvgIpc) is 2.35. The van der Waals surface area contributed by atoms with Gasteiger partial charge in [-0.1, -0.05) is 6.92 Å². The van der Waals surface area contributed by atoms with E-state index in [1.165, 1.54) is 20.3 Å². The molecular weight excluding hydrogens is 222 g/mol. The molecule has 0 bridgehead atoms. The lowest BCUT2D eigenvalue weighted by atomic mass is 10.1. The minimum atomic E-state index is -0.494.